The predicted octanol–water partition coefficient (Wildman–Crippen LogP) is 1.86. The van der Waals surface area contributed by atoms with Gasteiger partial charge in [-0.25, -0.2) is 0 Å². The third kappa shape index (κ3) is 2.56. The Kier molecular flexibility index (Phi) is 3.71. The monoisotopic (exact) mass is 266 g/mol. The minimum atomic E-state index is -0.642. The summed E-state index contributed by atoms with van der Waals surface area (Å²) in [5, 5.41) is 3.72. The molecule has 5 heteroatoms. The average Bonchev–Trinajstić information content (AvgIpc) is 2.72. The van der Waals surface area contributed by atoms with Crippen LogP contribution < -0.4 is 15.8 Å². The first kappa shape index (κ1) is 13.1. The van der Waals surface area contributed by atoms with E-state index < -0.39 is 5.54 Å². The van der Waals surface area contributed by atoms with Crippen molar-refractivity contribution in [3.8, 4) is 5.75 Å². The average molecular weight is 266 g/mol. The summed E-state index contributed by atoms with van der Waals surface area (Å²) in [5.74, 6) is 1.18. The van der Waals surface area contributed by atoms with Gasteiger partial charge in [0.15, 0.2) is 0 Å². The highest BCUT2D eigenvalue weighted by molar-refractivity contribution is 8.00. The number of hydrogen-bond donors (Lipinski definition) is 2. The van der Waals surface area contributed by atoms with Crippen molar-refractivity contribution in [2.24, 2.45) is 5.73 Å². The van der Waals surface area contributed by atoms with Crippen LogP contribution in [0.4, 0.5) is 5.69 Å². The van der Waals surface area contributed by atoms with Crippen LogP contribution in [0, 0.1) is 0 Å². The number of thioether (sulfide) groups is 1. The van der Waals surface area contributed by atoms with Crippen LogP contribution >= 0.6 is 11.8 Å². The Hall–Kier alpha value is -1.36. The topological polar surface area (TPSA) is 64.3 Å². The first-order valence-electron chi connectivity index (χ1n) is 5.89. The van der Waals surface area contributed by atoms with Crippen molar-refractivity contribution in [1.82, 2.24) is 0 Å². The fourth-order valence-electron chi connectivity index (χ4n) is 2.19. The van der Waals surface area contributed by atoms with Gasteiger partial charge in [0.2, 0.25) is 5.91 Å². The Balaban J connectivity index is 2.21. The van der Waals surface area contributed by atoms with Crippen molar-refractivity contribution in [3.63, 3.8) is 0 Å². The van der Waals surface area contributed by atoms with Gasteiger partial charge in [0.05, 0.1) is 7.11 Å². The smallest absolute Gasteiger partial charge is 0.244 e. The summed E-state index contributed by atoms with van der Waals surface area (Å²) in [4.78, 5) is 11.7. The highest BCUT2D eigenvalue weighted by Crippen LogP contribution is 2.37. The number of primary amides is 1. The van der Waals surface area contributed by atoms with Gasteiger partial charge in [0, 0.05) is 22.8 Å². The third-order valence-corrected chi connectivity index (χ3v) is 4.57. The molecule has 2 rings (SSSR count). The molecule has 1 amide bonds. The van der Waals surface area contributed by atoms with Crippen LogP contribution in [0.5, 0.6) is 5.75 Å². The van der Waals surface area contributed by atoms with Crippen LogP contribution in [0.3, 0.4) is 0 Å². The first-order chi connectivity index (χ1) is 8.55. The Labute approximate surface area is 111 Å². The summed E-state index contributed by atoms with van der Waals surface area (Å²) < 4.78 is 5.17. The Morgan fingerprint density at radius 1 is 1.61 bits per heavy atom. The summed E-state index contributed by atoms with van der Waals surface area (Å²) in [5.41, 5.74) is 5.79. The molecule has 2 atom stereocenters. The molecule has 1 aliphatic heterocycles. The zero-order chi connectivity index (χ0) is 13.2. The lowest BCUT2D eigenvalue weighted by atomic mass is 9.95. The molecular weight excluding hydrogens is 248 g/mol. The molecule has 4 nitrogen and oxygen atoms in total. The lowest BCUT2D eigenvalue weighted by Crippen LogP contribution is -2.51. The van der Waals surface area contributed by atoms with E-state index in [9.17, 15) is 4.79 Å². The largest absolute Gasteiger partial charge is 0.497 e. The quantitative estimate of drug-likeness (QED) is 0.873. The third-order valence-electron chi connectivity index (χ3n) is 3.18. The zero-order valence-corrected chi connectivity index (χ0v) is 11.4. The molecule has 1 aromatic carbocycles. The van der Waals surface area contributed by atoms with Gasteiger partial charge in [-0.05, 0) is 18.6 Å². The second-order valence-corrected chi connectivity index (χ2v) is 6.06. The van der Waals surface area contributed by atoms with Crippen molar-refractivity contribution < 1.29 is 9.53 Å². The van der Waals surface area contributed by atoms with E-state index in [2.05, 4.69) is 12.2 Å². The molecule has 1 aromatic rings. The summed E-state index contributed by atoms with van der Waals surface area (Å²) in [6, 6.07) is 7.55. The summed E-state index contributed by atoms with van der Waals surface area (Å²) >= 11 is 1.77. The number of benzene rings is 1. The van der Waals surface area contributed by atoms with Gasteiger partial charge in [-0.3, -0.25) is 4.79 Å². The van der Waals surface area contributed by atoms with Crippen molar-refractivity contribution in [2.75, 3.05) is 18.2 Å². The van der Waals surface area contributed by atoms with Crippen LogP contribution in [0.1, 0.15) is 13.3 Å². The first-order valence-corrected chi connectivity index (χ1v) is 6.94. The Morgan fingerprint density at radius 2 is 2.39 bits per heavy atom. The molecule has 0 spiro atoms. The maximum absolute atomic E-state index is 11.7. The van der Waals surface area contributed by atoms with E-state index in [1.54, 1.807) is 18.9 Å². The normalized spacial score (nSPS) is 26.9. The highest BCUT2D eigenvalue weighted by atomic mass is 32.2. The molecule has 0 aromatic heterocycles. The van der Waals surface area contributed by atoms with Crippen LogP contribution in [0.2, 0.25) is 0 Å². The summed E-state index contributed by atoms with van der Waals surface area (Å²) in [6.07, 6.45) is 0.754. The zero-order valence-electron chi connectivity index (χ0n) is 10.6. The Morgan fingerprint density at radius 3 is 2.94 bits per heavy atom. The van der Waals surface area contributed by atoms with E-state index >= 15 is 0 Å². The number of nitrogens with two attached hydrogens (primary N) is 1. The standard InChI is InChI=1S/C13H18N2O2S/c1-9-7-13(8-18-9,12(14)16)15-10-4-3-5-11(6-10)17-2/h3-6,9,15H,7-8H2,1-2H3,(H2,14,16). The van der Waals surface area contributed by atoms with Crippen molar-refractivity contribution >= 4 is 23.4 Å². The minimum absolute atomic E-state index is 0.290. The van der Waals surface area contributed by atoms with Crippen LogP contribution in [0.25, 0.3) is 0 Å². The van der Waals surface area contributed by atoms with Crippen LogP contribution in [-0.2, 0) is 4.79 Å². The number of methoxy groups -OCH3 is 1. The molecule has 1 fully saturated rings. The molecule has 0 aliphatic carbocycles. The Bertz CT molecular complexity index is 452. The van der Waals surface area contributed by atoms with E-state index in [1.165, 1.54) is 0 Å². The number of anilines is 1. The van der Waals surface area contributed by atoms with Gasteiger partial charge in [-0.1, -0.05) is 13.0 Å². The maximum atomic E-state index is 11.7. The van der Waals surface area contributed by atoms with E-state index in [-0.39, 0.29) is 5.91 Å². The van der Waals surface area contributed by atoms with Crippen molar-refractivity contribution in [3.05, 3.63) is 24.3 Å². The molecular formula is C13H18N2O2S. The molecule has 1 aliphatic rings. The van der Waals surface area contributed by atoms with Gasteiger partial charge >= 0.3 is 0 Å². The predicted molar refractivity (Wildman–Crippen MR) is 75.1 cm³/mol. The SMILES string of the molecule is COc1cccc(NC2(C(N)=O)CSC(C)C2)c1. The van der Waals surface area contributed by atoms with E-state index in [0.29, 0.717) is 11.0 Å². The number of ether oxygens (including phenoxy) is 1. The second kappa shape index (κ2) is 5.10. The van der Waals surface area contributed by atoms with Gasteiger partial charge in [0.25, 0.3) is 0 Å². The summed E-state index contributed by atoms with van der Waals surface area (Å²) in [6.45, 7) is 2.11. The number of carbonyl (C=O) groups excluding carboxylic acids is 1. The number of amides is 1. The van der Waals surface area contributed by atoms with Crippen molar-refractivity contribution in [2.45, 2.75) is 24.1 Å². The molecule has 0 radical (unpaired) electrons. The number of hydrogen-bond acceptors (Lipinski definition) is 4. The number of carbonyl (C=O) groups is 1. The van der Waals surface area contributed by atoms with Gasteiger partial charge in [-0.2, -0.15) is 11.8 Å². The fraction of sp³-hybridized carbons (Fsp3) is 0.462. The van der Waals surface area contributed by atoms with Crippen LogP contribution in [-0.4, -0.2) is 29.6 Å². The molecule has 1 saturated heterocycles. The molecule has 2 unspecified atom stereocenters. The minimum Gasteiger partial charge on any atom is -0.497 e. The van der Waals surface area contributed by atoms with Crippen molar-refractivity contribution in [1.29, 1.82) is 0 Å². The lowest BCUT2D eigenvalue weighted by molar-refractivity contribution is -0.121. The second-order valence-electron chi connectivity index (χ2n) is 4.63. The molecule has 1 heterocycles. The number of rotatable bonds is 4. The molecule has 0 bridgehead atoms. The van der Waals surface area contributed by atoms with Gasteiger partial charge in [0.1, 0.15) is 11.3 Å². The number of nitrogens with one attached hydrogen (secondary N) is 1. The van der Waals surface area contributed by atoms with E-state index in [4.69, 9.17) is 10.5 Å². The maximum Gasteiger partial charge on any atom is 0.244 e. The van der Waals surface area contributed by atoms with E-state index in [0.717, 1.165) is 17.9 Å². The molecule has 0 saturated carbocycles. The van der Waals surface area contributed by atoms with Gasteiger partial charge in [-0.15, -0.1) is 0 Å². The van der Waals surface area contributed by atoms with Gasteiger partial charge < -0.3 is 15.8 Å². The highest BCUT2D eigenvalue weighted by Gasteiger charge is 2.43. The summed E-state index contributed by atoms with van der Waals surface area (Å²) in [7, 11) is 1.62. The molecule has 98 valence electrons. The lowest BCUT2D eigenvalue weighted by Gasteiger charge is -2.27. The van der Waals surface area contributed by atoms with Crippen LogP contribution in [0.15, 0.2) is 24.3 Å². The van der Waals surface area contributed by atoms with E-state index in [1.807, 2.05) is 24.3 Å². The fourth-order valence-corrected chi connectivity index (χ4v) is 3.49. The molecule has 18 heavy (non-hydrogen) atoms. The molecule has 3 N–H and O–H groups in total.